The van der Waals surface area contributed by atoms with Crippen molar-refractivity contribution in [2.45, 2.75) is 38.8 Å². The maximum absolute atomic E-state index is 12.2. The molecule has 0 atom stereocenters. The summed E-state index contributed by atoms with van der Waals surface area (Å²) in [5.74, 6) is 2.23. The molecule has 2 aromatic heterocycles. The van der Waals surface area contributed by atoms with Gasteiger partial charge in [-0.1, -0.05) is 12.1 Å². The van der Waals surface area contributed by atoms with Crippen molar-refractivity contribution in [2.75, 3.05) is 7.11 Å². The number of aryl methyl sites for hydroxylation is 2. The lowest BCUT2D eigenvalue weighted by molar-refractivity contribution is -0.121. The van der Waals surface area contributed by atoms with E-state index in [1.54, 1.807) is 7.11 Å². The molecular weight excluding hydrogens is 332 g/mol. The van der Waals surface area contributed by atoms with Crippen LogP contribution in [0.2, 0.25) is 0 Å². The van der Waals surface area contributed by atoms with Crippen LogP contribution in [0.5, 0.6) is 5.88 Å². The number of rotatable bonds is 6. The van der Waals surface area contributed by atoms with Gasteiger partial charge in [-0.05, 0) is 18.6 Å². The van der Waals surface area contributed by atoms with E-state index in [0.717, 1.165) is 42.1 Å². The molecule has 0 bridgehead atoms. The molecule has 8 nitrogen and oxygen atoms in total. The highest BCUT2D eigenvalue weighted by Crippen LogP contribution is 2.20. The van der Waals surface area contributed by atoms with E-state index in [-0.39, 0.29) is 5.91 Å². The Morgan fingerprint density at radius 3 is 2.85 bits per heavy atom. The van der Waals surface area contributed by atoms with Gasteiger partial charge in [0.25, 0.3) is 0 Å². The van der Waals surface area contributed by atoms with E-state index in [9.17, 15) is 4.79 Å². The molecule has 26 heavy (non-hydrogen) atoms. The van der Waals surface area contributed by atoms with E-state index < -0.39 is 0 Å². The number of benzene rings is 1. The van der Waals surface area contributed by atoms with Crippen molar-refractivity contribution in [3.8, 4) is 5.88 Å². The van der Waals surface area contributed by atoms with Crippen molar-refractivity contribution >= 4 is 16.9 Å². The van der Waals surface area contributed by atoms with Crippen molar-refractivity contribution in [1.82, 2.24) is 30.0 Å². The summed E-state index contributed by atoms with van der Waals surface area (Å²) in [5, 5.41) is 11.2. The quantitative estimate of drug-likeness (QED) is 0.721. The summed E-state index contributed by atoms with van der Waals surface area (Å²) < 4.78 is 7.41. The van der Waals surface area contributed by atoms with E-state index in [0.29, 0.717) is 31.0 Å². The van der Waals surface area contributed by atoms with Crippen LogP contribution in [0.4, 0.5) is 0 Å². The summed E-state index contributed by atoms with van der Waals surface area (Å²) >= 11 is 0. The molecule has 134 valence electrons. The van der Waals surface area contributed by atoms with Gasteiger partial charge in [-0.2, -0.15) is 0 Å². The van der Waals surface area contributed by atoms with E-state index in [1.807, 2.05) is 24.3 Å². The van der Waals surface area contributed by atoms with Gasteiger partial charge in [-0.3, -0.25) is 4.79 Å². The summed E-state index contributed by atoms with van der Waals surface area (Å²) in [5.41, 5.74) is 2.26. The molecule has 0 fully saturated rings. The largest absolute Gasteiger partial charge is 0.480 e. The van der Waals surface area contributed by atoms with Crippen molar-refractivity contribution in [3.63, 3.8) is 0 Å². The molecule has 3 heterocycles. The van der Waals surface area contributed by atoms with Crippen LogP contribution in [-0.2, 0) is 30.7 Å². The van der Waals surface area contributed by atoms with Crippen LogP contribution in [0, 0.1) is 0 Å². The number of ether oxygens (including phenoxy) is 1. The molecule has 8 heteroatoms. The molecule has 4 rings (SSSR count). The number of methoxy groups -OCH3 is 1. The van der Waals surface area contributed by atoms with Crippen LogP contribution in [-0.4, -0.2) is 37.7 Å². The predicted molar refractivity (Wildman–Crippen MR) is 94.6 cm³/mol. The topological polar surface area (TPSA) is 94.8 Å². The van der Waals surface area contributed by atoms with E-state index in [1.165, 1.54) is 0 Å². The van der Waals surface area contributed by atoms with Crippen LogP contribution < -0.4 is 10.1 Å². The third-order valence-electron chi connectivity index (χ3n) is 4.52. The fourth-order valence-corrected chi connectivity index (χ4v) is 3.19. The highest BCUT2D eigenvalue weighted by atomic mass is 16.5. The minimum absolute atomic E-state index is 0.0580. The van der Waals surface area contributed by atoms with Gasteiger partial charge >= 0.3 is 0 Å². The second-order valence-electron chi connectivity index (χ2n) is 6.23. The van der Waals surface area contributed by atoms with E-state index in [2.05, 4.69) is 30.0 Å². The van der Waals surface area contributed by atoms with Gasteiger partial charge in [0.2, 0.25) is 11.8 Å². The van der Waals surface area contributed by atoms with Crippen LogP contribution in [0.3, 0.4) is 0 Å². The standard InChI is InChI=1S/C18H20N6O2/c1-26-18-14(20-12-5-2-3-6-13(12)21-18)8-9-17(25)19-11-16-23-22-15-7-4-10-24(15)16/h2-3,5-6H,4,7-11H2,1H3,(H,19,25). The fraction of sp³-hybridized carbons (Fsp3) is 0.389. The summed E-state index contributed by atoms with van der Waals surface area (Å²) in [6, 6.07) is 7.61. The Morgan fingerprint density at radius 2 is 2.04 bits per heavy atom. The van der Waals surface area contributed by atoms with Gasteiger partial charge in [-0.25, -0.2) is 9.97 Å². The molecule has 0 spiro atoms. The lowest BCUT2D eigenvalue weighted by Crippen LogP contribution is -2.25. The number of carbonyl (C=O) groups is 1. The molecule has 3 aromatic rings. The molecule has 1 N–H and O–H groups in total. The fourth-order valence-electron chi connectivity index (χ4n) is 3.19. The van der Waals surface area contributed by atoms with Crippen molar-refractivity contribution in [1.29, 1.82) is 0 Å². The number of nitrogens with one attached hydrogen (secondary N) is 1. The molecule has 0 aliphatic carbocycles. The Hall–Kier alpha value is -3.03. The minimum atomic E-state index is -0.0580. The number of amides is 1. The SMILES string of the molecule is COc1nc2ccccc2nc1CCC(=O)NCc1nnc2n1CCC2. The number of hydrogen-bond donors (Lipinski definition) is 1. The monoisotopic (exact) mass is 352 g/mol. The average molecular weight is 352 g/mol. The molecule has 0 saturated heterocycles. The number of nitrogens with zero attached hydrogens (tertiary/aromatic N) is 5. The molecule has 0 radical (unpaired) electrons. The Kier molecular flexibility index (Phi) is 4.47. The number of aromatic nitrogens is 5. The highest BCUT2D eigenvalue weighted by molar-refractivity contribution is 5.77. The van der Waals surface area contributed by atoms with Gasteiger partial charge in [0.15, 0.2) is 5.82 Å². The Morgan fingerprint density at radius 1 is 1.23 bits per heavy atom. The molecule has 1 aliphatic rings. The van der Waals surface area contributed by atoms with Crippen LogP contribution in [0.15, 0.2) is 24.3 Å². The lowest BCUT2D eigenvalue weighted by Gasteiger charge is -2.09. The Bertz CT molecular complexity index is 952. The zero-order valence-electron chi connectivity index (χ0n) is 14.6. The Labute approximate surface area is 150 Å². The van der Waals surface area contributed by atoms with Crippen LogP contribution in [0.25, 0.3) is 11.0 Å². The summed E-state index contributed by atoms with van der Waals surface area (Å²) in [4.78, 5) is 21.3. The number of hydrogen-bond acceptors (Lipinski definition) is 6. The second-order valence-corrected chi connectivity index (χ2v) is 6.23. The predicted octanol–water partition coefficient (Wildman–Crippen LogP) is 1.43. The number of para-hydroxylation sites is 2. The van der Waals surface area contributed by atoms with Crippen molar-refractivity contribution < 1.29 is 9.53 Å². The number of fused-ring (bicyclic) bond motifs is 2. The first kappa shape index (κ1) is 16.4. The Balaban J connectivity index is 1.38. The van der Waals surface area contributed by atoms with Gasteiger partial charge in [-0.15, -0.1) is 10.2 Å². The first-order valence-corrected chi connectivity index (χ1v) is 8.72. The van der Waals surface area contributed by atoms with Crippen LogP contribution in [0.1, 0.15) is 30.2 Å². The van der Waals surface area contributed by atoms with Gasteiger partial charge in [0, 0.05) is 25.8 Å². The zero-order chi connectivity index (χ0) is 17.9. The third kappa shape index (κ3) is 3.22. The maximum Gasteiger partial charge on any atom is 0.235 e. The van der Waals surface area contributed by atoms with Crippen molar-refractivity contribution in [2.24, 2.45) is 0 Å². The zero-order valence-corrected chi connectivity index (χ0v) is 14.6. The molecule has 0 unspecified atom stereocenters. The van der Waals surface area contributed by atoms with Gasteiger partial charge < -0.3 is 14.6 Å². The summed E-state index contributed by atoms with van der Waals surface area (Å²) in [7, 11) is 1.56. The summed E-state index contributed by atoms with van der Waals surface area (Å²) in [6.45, 7) is 1.32. The highest BCUT2D eigenvalue weighted by Gasteiger charge is 2.17. The maximum atomic E-state index is 12.2. The van der Waals surface area contributed by atoms with Crippen molar-refractivity contribution in [3.05, 3.63) is 41.6 Å². The second kappa shape index (κ2) is 7.07. The lowest BCUT2D eigenvalue weighted by atomic mass is 10.2. The van der Waals surface area contributed by atoms with Gasteiger partial charge in [0.1, 0.15) is 11.5 Å². The van der Waals surface area contributed by atoms with Gasteiger partial charge in [0.05, 0.1) is 24.7 Å². The normalized spacial score (nSPS) is 13.0. The molecule has 1 aliphatic heterocycles. The number of carbonyl (C=O) groups excluding carboxylic acids is 1. The molecule has 0 saturated carbocycles. The van der Waals surface area contributed by atoms with E-state index in [4.69, 9.17) is 4.74 Å². The first-order chi connectivity index (χ1) is 12.7. The summed E-state index contributed by atoms with van der Waals surface area (Å²) in [6.07, 6.45) is 2.82. The average Bonchev–Trinajstić information content (AvgIpc) is 3.28. The molecular formula is C18H20N6O2. The van der Waals surface area contributed by atoms with E-state index >= 15 is 0 Å². The smallest absolute Gasteiger partial charge is 0.235 e. The third-order valence-corrected chi connectivity index (χ3v) is 4.52. The first-order valence-electron chi connectivity index (χ1n) is 8.72. The molecule has 1 amide bonds. The van der Waals surface area contributed by atoms with Crippen LogP contribution >= 0.6 is 0 Å². The minimum Gasteiger partial charge on any atom is -0.480 e. The molecule has 1 aromatic carbocycles.